The van der Waals surface area contributed by atoms with Gasteiger partial charge < -0.3 is 9.88 Å². The first-order valence-electron chi connectivity index (χ1n) is 7.84. The van der Waals surface area contributed by atoms with Gasteiger partial charge in [0.25, 0.3) is 11.6 Å². The van der Waals surface area contributed by atoms with Gasteiger partial charge in [0.15, 0.2) is 0 Å². The number of nitro benzene ring substituents is 1. The minimum Gasteiger partial charge on any atom is -0.352 e. The summed E-state index contributed by atoms with van der Waals surface area (Å²) in [5, 5.41) is 14.0. The lowest BCUT2D eigenvalue weighted by molar-refractivity contribution is -0.384. The summed E-state index contributed by atoms with van der Waals surface area (Å²) in [6.07, 6.45) is 5.00. The molecule has 0 bridgehead atoms. The Hall–Kier alpha value is -3.55. The fourth-order valence-corrected chi connectivity index (χ4v) is 2.55. The molecule has 1 N–H and O–H groups in total. The number of benzene rings is 2. The number of aromatic nitrogens is 2. The summed E-state index contributed by atoms with van der Waals surface area (Å²) < 4.78 is 14.6. The predicted octanol–water partition coefficient (Wildman–Crippen LogP) is 2.89. The SMILES string of the molecule is O=C(NCCc1cccc(F)c1)c1ccc(-n2ccnc2)c([N+](=O)[O-])c1. The van der Waals surface area contributed by atoms with E-state index in [2.05, 4.69) is 10.3 Å². The van der Waals surface area contributed by atoms with Gasteiger partial charge in [-0.05, 0) is 36.2 Å². The van der Waals surface area contributed by atoms with E-state index in [-0.39, 0.29) is 17.1 Å². The summed E-state index contributed by atoms with van der Waals surface area (Å²) in [4.78, 5) is 26.9. The number of carbonyl (C=O) groups is 1. The zero-order valence-electron chi connectivity index (χ0n) is 13.6. The van der Waals surface area contributed by atoms with E-state index >= 15 is 0 Å². The second-order valence-corrected chi connectivity index (χ2v) is 5.57. The zero-order valence-corrected chi connectivity index (χ0v) is 13.6. The summed E-state index contributed by atoms with van der Waals surface area (Å²) in [5.41, 5.74) is 1.07. The molecule has 0 aliphatic rings. The molecule has 0 saturated carbocycles. The minimum absolute atomic E-state index is 0.180. The van der Waals surface area contributed by atoms with E-state index in [0.717, 1.165) is 5.56 Å². The van der Waals surface area contributed by atoms with Gasteiger partial charge in [-0.15, -0.1) is 0 Å². The zero-order chi connectivity index (χ0) is 18.5. The lowest BCUT2D eigenvalue weighted by Gasteiger charge is -2.08. The van der Waals surface area contributed by atoms with Crippen molar-refractivity contribution in [1.29, 1.82) is 0 Å². The Morgan fingerprint density at radius 1 is 1.27 bits per heavy atom. The second-order valence-electron chi connectivity index (χ2n) is 5.57. The average molecular weight is 354 g/mol. The van der Waals surface area contributed by atoms with Crippen LogP contribution in [0, 0.1) is 15.9 Å². The smallest absolute Gasteiger partial charge is 0.294 e. The van der Waals surface area contributed by atoms with Crippen LogP contribution in [0.5, 0.6) is 0 Å². The average Bonchev–Trinajstić information content (AvgIpc) is 3.15. The molecule has 1 aromatic heterocycles. The van der Waals surface area contributed by atoms with Gasteiger partial charge in [0.05, 0.1) is 11.3 Å². The number of imidazole rings is 1. The molecule has 3 rings (SSSR count). The van der Waals surface area contributed by atoms with E-state index in [0.29, 0.717) is 18.7 Å². The van der Waals surface area contributed by atoms with Crippen molar-refractivity contribution in [2.75, 3.05) is 6.54 Å². The molecular weight excluding hydrogens is 339 g/mol. The van der Waals surface area contributed by atoms with Crippen molar-refractivity contribution >= 4 is 11.6 Å². The molecule has 1 heterocycles. The van der Waals surface area contributed by atoms with Crippen molar-refractivity contribution in [3.05, 3.63) is 88.2 Å². The first kappa shape index (κ1) is 17.3. The first-order chi connectivity index (χ1) is 12.5. The summed E-state index contributed by atoms with van der Waals surface area (Å²) in [6.45, 7) is 0.291. The van der Waals surface area contributed by atoms with Crippen molar-refractivity contribution < 1.29 is 14.1 Å². The van der Waals surface area contributed by atoms with Gasteiger partial charge in [-0.3, -0.25) is 14.9 Å². The number of carbonyl (C=O) groups excluding carboxylic acids is 1. The van der Waals surface area contributed by atoms with Crippen LogP contribution >= 0.6 is 0 Å². The van der Waals surface area contributed by atoms with Gasteiger partial charge in [-0.1, -0.05) is 12.1 Å². The van der Waals surface area contributed by atoms with Crippen LogP contribution in [0.25, 0.3) is 5.69 Å². The molecule has 132 valence electrons. The highest BCUT2D eigenvalue weighted by Gasteiger charge is 2.18. The van der Waals surface area contributed by atoms with E-state index in [1.807, 2.05) is 0 Å². The van der Waals surface area contributed by atoms with Crippen LogP contribution in [0.3, 0.4) is 0 Å². The number of nitrogens with one attached hydrogen (secondary N) is 1. The summed E-state index contributed by atoms with van der Waals surface area (Å²) in [7, 11) is 0. The third kappa shape index (κ3) is 3.92. The van der Waals surface area contributed by atoms with Gasteiger partial charge in [0.2, 0.25) is 0 Å². The van der Waals surface area contributed by atoms with Crippen LogP contribution in [-0.4, -0.2) is 26.9 Å². The maximum absolute atomic E-state index is 13.1. The van der Waals surface area contributed by atoms with E-state index in [9.17, 15) is 19.3 Å². The quantitative estimate of drug-likeness (QED) is 0.544. The fraction of sp³-hybridized carbons (Fsp3) is 0.111. The Kier molecular flexibility index (Phi) is 5.02. The third-order valence-electron chi connectivity index (χ3n) is 3.81. The Morgan fingerprint density at radius 3 is 2.81 bits per heavy atom. The molecule has 8 heteroatoms. The van der Waals surface area contributed by atoms with Crippen LogP contribution < -0.4 is 5.32 Å². The molecule has 2 aromatic carbocycles. The number of nitrogens with zero attached hydrogens (tertiary/aromatic N) is 3. The number of rotatable bonds is 6. The monoisotopic (exact) mass is 354 g/mol. The maximum Gasteiger partial charge on any atom is 0.294 e. The van der Waals surface area contributed by atoms with Gasteiger partial charge in [0, 0.05) is 30.6 Å². The fourth-order valence-electron chi connectivity index (χ4n) is 2.55. The molecule has 0 fully saturated rings. The molecule has 7 nitrogen and oxygen atoms in total. The molecule has 26 heavy (non-hydrogen) atoms. The molecule has 0 atom stereocenters. The van der Waals surface area contributed by atoms with Crippen molar-refractivity contribution in [2.45, 2.75) is 6.42 Å². The van der Waals surface area contributed by atoms with Crippen molar-refractivity contribution in [1.82, 2.24) is 14.9 Å². The summed E-state index contributed by atoms with van der Waals surface area (Å²) in [5.74, 6) is -0.763. The molecule has 0 aliphatic heterocycles. The number of halogens is 1. The number of amides is 1. The molecule has 3 aromatic rings. The van der Waals surface area contributed by atoms with Crippen LogP contribution in [-0.2, 0) is 6.42 Å². The largest absolute Gasteiger partial charge is 0.352 e. The van der Waals surface area contributed by atoms with Crippen LogP contribution in [0.4, 0.5) is 10.1 Å². The van der Waals surface area contributed by atoms with Crippen LogP contribution in [0.15, 0.2) is 61.2 Å². The van der Waals surface area contributed by atoms with Crippen molar-refractivity contribution in [3.63, 3.8) is 0 Å². The van der Waals surface area contributed by atoms with E-state index in [1.54, 1.807) is 18.3 Å². The molecule has 0 radical (unpaired) electrons. The van der Waals surface area contributed by atoms with E-state index in [4.69, 9.17) is 0 Å². The van der Waals surface area contributed by atoms with E-state index in [1.165, 1.54) is 47.4 Å². The number of hydrogen-bond acceptors (Lipinski definition) is 4. The molecule has 0 saturated heterocycles. The van der Waals surface area contributed by atoms with Gasteiger partial charge in [-0.25, -0.2) is 9.37 Å². The normalized spacial score (nSPS) is 10.5. The number of nitro groups is 1. The molecule has 0 spiro atoms. The third-order valence-corrected chi connectivity index (χ3v) is 3.81. The Morgan fingerprint density at radius 2 is 2.12 bits per heavy atom. The number of hydrogen-bond donors (Lipinski definition) is 1. The van der Waals surface area contributed by atoms with Gasteiger partial charge in [-0.2, -0.15) is 0 Å². The van der Waals surface area contributed by atoms with E-state index < -0.39 is 10.8 Å². The van der Waals surface area contributed by atoms with Crippen LogP contribution in [0.1, 0.15) is 15.9 Å². The Balaban J connectivity index is 1.71. The minimum atomic E-state index is -0.543. The van der Waals surface area contributed by atoms with Crippen LogP contribution in [0.2, 0.25) is 0 Å². The summed E-state index contributed by atoms with van der Waals surface area (Å²) >= 11 is 0. The predicted molar refractivity (Wildman–Crippen MR) is 92.7 cm³/mol. The maximum atomic E-state index is 13.1. The Labute approximate surface area is 148 Å². The highest BCUT2D eigenvalue weighted by atomic mass is 19.1. The highest BCUT2D eigenvalue weighted by molar-refractivity contribution is 5.95. The molecule has 1 amide bonds. The Bertz CT molecular complexity index is 941. The van der Waals surface area contributed by atoms with Gasteiger partial charge >= 0.3 is 0 Å². The highest BCUT2D eigenvalue weighted by Crippen LogP contribution is 2.24. The molecular formula is C18H15FN4O3. The van der Waals surface area contributed by atoms with Gasteiger partial charge in [0.1, 0.15) is 11.5 Å². The standard InChI is InChI=1S/C18H15FN4O3/c19-15-3-1-2-13(10-15)6-7-21-18(24)14-4-5-16(17(11-14)23(25)26)22-9-8-20-12-22/h1-5,8-12H,6-7H2,(H,21,24). The lowest BCUT2D eigenvalue weighted by Crippen LogP contribution is -2.25. The lowest BCUT2D eigenvalue weighted by atomic mass is 10.1. The van der Waals surface area contributed by atoms with Crippen molar-refractivity contribution in [2.24, 2.45) is 0 Å². The van der Waals surface area contributed by atoms with Crippen molar-refractivity contribution in [3.8, 4) is 5.69 Å². The topological polar surface area (TPSA) is 90.1 Å². The summed E-state index contributed by atoms with van der Waals surface area (Å²) in [6, 6.07) is 10.4. The molecule has 0 unspecified atom stereocenters. The second kappa shape index (κ2) is 7.56. The molecule has 0 aliphatic carbocycles. The first-order valence-corrected chi connectivity index (χ1v) is 7.84.